The predicted molar refractivity (Wildman–Crippen MR) is 63.9 cm³/mol. The smallest absolute Gasteiger partial charge is 0.306 e. The summed E-state index contributed by atoms with van der Waals surface area (Å²) < 4.78 is 31.0. The minimum atomic E-state index is -4.26. The number of aromatic nitrogens is 3. The van der Waals surface area contributed by atoms with Gasteiger partial charge in [-0.25, -0.2) is 9.67 Å². The number of nitrogens with one attached hydrogen (secondary N) is 2. The molecule has 9 heteroatoms. The van der Waals surface area contributed by atoms with Gasteiger partial charge in [0.05, 0.1) is 6.54 Å². The van der Waals surface area contributed by atoms with Crippen molar-refractivity contribution in [1.29, 1.82) is 0 Å². The van der Waals surface area contributed by atoms with Crippen molar-refractivity contribution in [3.8, 4) is 0 Å². The summed E-state index contributed by atoms with van der Waals surface area (Å²) in [7, 11) is -4.26. The third kappa shape index (κ3) is 3.80. The summed E-state index contributed by atoms with van der Waals surface area (Å²) in [6.45, 7) is 0.575. The lowest BCUT2D eigenvalue weighted by Crippen LogP contribution is -2.28. The molecular formula is C9H11N5O3S. The van der Waals surface area contributed by atoms with E-state index in [2.05, 4.69) is 15.5 Å². The molecule has 1 aromatic carbocycles. The Balaban J connectivity index is 1.97. The molecule has 96 valence electrons. The largest absolute Gasteiger partial charge is 0.350 e. The fraction of sp³-hybridized carbons (Fsp3) is 0.111. The average Bonchev–Trinajstić information content (AvgIpc) is 2.80. The molecule has 8 nitrogen and oxygen atoms in total. The second-order valence-corrected chi connectivity index (χ2v) is 4.65. The molecule has 1 aromatic heterocycles. The van der Waals surface area contributed by atoms with Crippen molar-refractivity contribution >= 4 is 16.0 Å². The Kier molecular flexibility index (Phi) is 3.55. The number of anilines is 1. The summed E-state index contributed by atoms with van der Waals surface area (Å²) in [6.07, 6.45) is 3.05. The van der Waals surface area contributed by atoms with Crippen LogP contribution in [0.25, 0.3) is 0 Å². The zero-order valence-corrected chi connectivity index (χ0v) is 10.0. The fourth-order valence-electron chi connectivity index (χ4n) is 1.32. The van der Waals surface area contributed by atoms with Gasteiger partial charge in [0.1, 0.15) is 12.7 Å². The van der Waals surface area contributed by atoms with Crippen LogP contribution >= 0.6 is 0 Å². The fourth-order valence-corrected chi connectivity index (χ4v) is 1.57. The number of hydrogen-bond donors (Lipinski definition) is 3. The van der Waals surface area contributed by atoms with E-state index in [0.717, 1.165) is 5.56 Å². The van der Waals surface area contributed by atoms with Crippen LogP contribution in [0.3, 0.4) is 0 Å². The van der Waals surface area contributed by atoms with Crippen LogP contribution in [-0.4, -0.2) is 27.7 Å². The topological polar surface area (TPSA) is 109 Å². The molecule has 0 bridgehead atoms. The van der Waals surface area contributed by atoms with E-state index in [0.29, 0.717) is 12.2 Å². The van der Waals surface area contributed by atoms with Gasteiger partial charge < -0.3 is 5.43 Å². The molecule has 0 spiro atoms. The van der Waals surface area contributed by atoms with Crippen LogP contribution in [0.5, 0.6) is 0 Å². The lowest BCUT2D eigenvalue weighted by atomic mass is 10.2. The standard InChI is InChI=1S/C9H11N5O3S/c15-18(16,17)13-12-9-3-1-8(2-4-9)5-14-7-10-6-11-14/h1-4,6-7,12-13H,5H2,(H,15,16,17). The summed E-state index contributed by atoms with van der Waals surface area (Å²) in [5.74, 6) is 0. The highest BCUT2D eigenvalue weighted by atomic mass is 32.2. The predicted octanol–water partition coefficient (Wildman–Crippen LogP) is 0.0457. The van der Waals surface area contributed by atoms with Gasteiger partial charge in [-0.15, -0.1) is 4.83 Å². The van der Waals surface area contributed by atoms with E-state index in [1.54, 1.807) is 40.1 Å². The van der Waals surface area contributed by atoms with Gasteiger partial charge in [-0.1, -0.05) is 12.1 Å². The number of hydrogen-bond acceptors (Lipinski definition) is 5. The Morgan fingerprint density at radius 2 is 2.00 bits per heavy atom. The number of nitrogens with zero attached hydrogens (tertiary/aromatic N) is 3. The SMILES string of the molecule is O=S(=O)(O)NNc1ccc(Cn2cncn2)cc1. The molecule has 1 heterocycles. The van der Waals surface area contributed by atoms with Gasteiger partial charge in [0.25, 0.3) is 0 Å². The monoisotopic (exact) mass is 269 g/mol. The van der Waals surface area contributed by atoms with E-state index in [-0.39, 0.29) is 0 Å². The first-order valence-electron chi connectivity index (χ1n) is 4.94. The lowest BCUT2D eigenvalue weighted by molar-refractivity contribution is 0.473. The molecule has 18 heavy (non-hydrogen) atoms. The van der Waals surface area contributed by atoms with Crippen molar-refractivity contribution in [2.45, 2.75) is 6.54 Å². The molecule has 0 saturated heterocycles. The quantitative estimate of drug-likeness (QED) is 0.522. The molecule has 2 rings (SSSR count). The molecule has 0 aliphatic carbocycles. The number of rotatable bonds is 5. The van der Waals surface area contributed by atoms with Gasteiger partial charge in [-0.05, 0) is 17.7 Å². The van der Waals surface area contributed by atoms with E-state index >= 15 is 0 Å². The third-order valence-electron chi connectivity index (χ3n) is 2.09. The highest BCUT2D eigenvalue weighted by molar-refractivity contribution is 7.83. The van der Waals surface area contributed by atoms with E-state index in [1.807, 2.05) is 0 Å². The molecular weight excluding hydrogens is 258 g/mol. The Bertz CT molecular complexity index is 594. The Labute approximate surface area is 104 Å². The second-order valence-electron chi connectivity index (χ2n) is 3.49. The van der Waals surface area contributed by atoms with Crippen molar-refractivity contribution in [2.75, 3.05) is 5.43 Å². The number of benzene rings is 1. The van der Waals surface area contributed by atoms with Crippen LogP contribution in [0.4, 0.5) is 5.69 Å². The number of hydrazine groups is 1. The summed E-state index contributed by atoms with van der Waals surface area (Å²) in [6, 6.07) is 6.94. The van der Waals surface area contributed by atoms with Gasteiger partial charge in [0.2, 0.25) is 0 Å². The molecule has 0 fully saturated rings. The van der Waals surface area contributed by atoms with E-state index in [4.69, 9.17) is 4.55 Å². The average molecular weight is 269 g/mol. The van der Waals surface area contributed by atoms with Gasteiger partial charge in [0.15, 0.2) is 0 Å². The summed E-state index contributed by atoms with van der Waals surface area (Å²) in [5, 5.41) is 3.97. The summed E-state index contributed by atoms with van der Waals surface area (Å²) in [4.78, 5) is 5.58. The second kappa shape index (κ2) is 5.12. The van der Waals surface area contributed by atoms with E-state index in [1.165, 1.54) is 6.33 Å². The van der Waals surface area contributed by atoms with Gasteiger partial charge in [-0.3, -0.25) is 4.55 Å². The Morgan fingerprint density at radius 1 is 1.28 bits per heavy atom. The van der Waals surface area contributed by atoms with E-state index in [9.17, 15) is 8.42 Å². The highest BCUT2D eigenvalue weighted by Crippen LogP contribution is 2.09. The molecule has 0 amide bonds. The van der Waals surface area contributed by atoms with Crippen molar-refractivity contribution in [3.63, 3.8) is 0 Å². The van der Waals surface area contributed by atoms with Gasteiger partial charge in [-0.2, -0.15) is 13.5 Å². The molecule has 0 unspecified atom stereocenters. The normalized spacial score (nSPS) is 11.4. The third-order valence-corrected chi connectivity index (χ3v) is 2.45. The van der Waals surface area contributed by atoms with E-state index < -0.39 is 10.3 Å². The first-order valence-corrected chi connectivity index (χ1v) is 6.38. The van der Waals surface area contributed by atoms with Crippen LogP contribution in [0, 0.1) is 0 Å². The highest BCUT2D eigenvalue weighted by Gasteiger charge is 2.02. The lowest BCUT2D eigenvalue weighted by Gasteiger charge is -2.06. The molecule has 3 N–H and O–H groups in total. The Hall–Kier alpha value is -1.97. The van der Waals surface area contributed by atoms with Crippen LogP contribution in [-0.2, 0) is 16.8 Å². The van der Waals surface area contributed by atoms with Crippen LogP contribution < -0.4 is 10.3 Å². The first-order chi connectivity index (χ1) is 8.53. The molecule has 0 aliphatic rings. The molecule has 0 saturated carbocycles. The Morgan fingerprint density at radius 3 is 2.56 bits per heavy atom. The molecule has 0 atom stereocenters. The van der Waals surface area contributed by atoms with Gasteiger partial charge >= 0.3 is 10.3 Å². The minimum Gasteiger partial charge on any atom is -0.306 e. The van der Waals surface area contributed by atoms with Crippen LogP contribution in [0.1, 0.15) is 5.56 Å². The molecule has 0 aliphatic heterocycles. The van der Waals surface area contributed by atoms with Crippen molar-refractivity contribution in [3.05, 3.63) is 42.5 Å². The van der Waals surface area contributed by atoms with Crippen molar-refractivity contribution in [1.82, 2.24) is 19.6 Å². The minimum absolute atomic E-state index is 0.509. The van der Waals surface area contributed by atoms with Crippen molar-refractivity contribution < 1.29 is 13.0 Å². The molecule has 0 radical (unpaired) electrons. The van der Waals surface area contributed by atoms with Gasteiger partial charge in [0, 0.05) is 5.69 Å². The zero-order chi connectivity index (χ0) is 13.0. The van der Waals surface area contributed by atoms with Crippen LogP contribution in [0.2, 0.25) is 0 Å². The maximum atomic E-state index is 10.4. The summed E-state index contributed by atoms with van der Waals surface area (Å²) in [5.41, 5.74) is 3.84. The summed E-state index contributed by atoms with van der Waals surface area (Å²) >= 11 is 0. The zero-order valence-electron chi connectivity index (χ0n) is 9.18. The first kappa shape index (κ1) is 12.5. The molecule has 2 aromatic rings. The van der Waals surface area contributed by atoms with Crippen LogP contribution in [0.15, 0.2) is 36.9 Å². The maximum Gasteiger partial charge on any atom is 0.350 e. The maximum absolute atomic E-state index is 10.4. The van der Waals surface area contributed by atoms with Crippen molar-refractivity contribution in [2.24, 2.45) is 0 Å².